The molecule has 0 aliphatic heterocycles. The molecule has 1 aromatic carbocycles. The summed E-state index contributed by atoms with van der Waals surface area (Å²) in [4.78, 5) is 38.4. The number of aromatic nitrogens is 2. The number of benzene rings is 1. The molecular weight excluding hydrogens is 424 g/mol. The normalized spacial score (nSPS) is 11.5. The van der Waals surface area contributed by atoms with Crippen molar-refractivity contribution in [2.45, 2.75) is 47.0 Å². The number of carbonyl (C=O) groups excluding carboxylic acids is 2. The minimum Gasteiger partial charge on any atom is -0.495 e. The molecule has 0 bridgehead atoms. The number of likely N-dealkylation sites (N-methyl/N-ethyl adjacent to an activating group) is 1. The first-order chi connectivity index (χ1) is 15.1. The van der Waals surface area contributed by atoms with Crippen LogP contribution in [0.2, 0.25) is 0 Å². The second kappa shape index (κ2) is 9.24. The minimum absolute atomic E-state index is 0.0566. The molecule has 32 heavy (non-hydrogen) atoms. The number of ether oxygens (including phenoxy) is 1. The minimum atomic E-state index is -0.283. The average Bonchev–Trinajstić information content (AvgIpc) is 3.08. The maximum atomic E-state index is 13.4. The Morgan fingerprint density at radius 3 is 2.47 bits per heavy atom. The molecule has 8 heteroatoms. The molecule has 1 N–H and O–H groups in total. The molecule has 0 saturated heterocycles. The van der Waals surface area contributed by atoms with Crippen molar-refractivity contribution in [3.8, 4) is 5.75 Å². The number of methoxy groups -OCH3 is 1. The van der Waals surface area contributed by atoms with Crippen LogP contribution in [0.25, 0.3) is 10.2 Å². The van der Waals surface area contributed by atoms with Crippen molar-refractivity contribution >= 4 is 39.1 Å². The first-order valence-electron chi connectivity index (χ1n) is 10.6. The van der Waals surface area contributed by atoms with Gasteiger partial charge >= 0.3 is 0 Å². The number of nitrogens with one attached hydrogen (secondary N) is 1. The number of anilines is 1. The van der Waals surface area contributed by atoms with Gasteiger partial charge in [0.2, 0.25) is 5.91 Å². The van der Waals surface area contributed by atoms with Gasteiger partial charge in [-0.3, -0.25) is 9.59 Å². The zero-order valence-corrected chi connectivity index (χ0v) is 20.5. The number of nitrogens with zero attached hydrogens (tertiary/aromatic N) is 3. The molecular formula is C24H30N4O3S. The number of rotatable bonds is 6. The monoisotopic (exact) mass is 454 g/mol. The number of amides is 2. The molecule has 0 unspecified atom stereocenters. The van der Waals surface area contributed by atoms with E-state index < -0.39 is 0 Å². The molecule has 0 atom stereocenters. The summed E-state index contributed by atoms with van der Waals surface area (Å²) in [7, 11) is 1.55. The van der Waals surface area contributed by atoms with Gasteiger partial charge in [0.05, 0.1) is 23.4 Å². The fourth-order valence-corrected chi connectivity index (χ4v) is 4.66. The summed E-state index contributed by atoms with van der Waals surface area (Å²) in [5, 5.41) is 3.75. The van der Waals surface area contributed by atoms with Gasteiger partial charge in [-0.05, 0) is 38.5 Å². The lowest BCUT2D eigenvalue weighted by Gasteiger charge is -2.20. The average molecular weight is 455 g/mol. The van der Waals surface area contributed by atoms with Crippen LogP contribution < -0.4 is 10.1 Å². The van der Waals surface area contributed by atoms with Crippen molar-refractivity contribution in [3.63, 3.8) is 0 Å². The summed E-state index contributed by atoms with van der Waals surface area (Å²) in [6, 6.07) is 7.18. The van der Waals surface area contributed by atoms with Gasteiger partial charge in [0.25, 0.3) is 5.91 Å². The van der Waals surface area contributed by atoms with Crippen molar-refractivity contribution in [2.75, 3.05) is 25.5 Å². The summed E-state index contributed by atoms with van der Waals surface area (Å²) in [5.74, 6) is 0.861. The lowest BCUT2D eigenvalue weighted by atomic mass is 9.95. The summed E-state index contributed by atoms with van der Waals surface area (Å²) in [6.45, 7) is 12.3. The van der Waals surface area contributed by atoms with Crippen LogP contribution in [0.5, 0.6) is 5.75 Å². The Labute approximate surface area is 192 Å². The molecule has 0 radical (unpaired) electrons. The lowest BCUT2D eigenvalue weighted by Crippen LogP contribution is -2.37. The fourth-order valence-electron chi connectivity index (χ4n) is 3.46. The quantitative estimate of drug-likeness (QED) is 0.583. The number of aryl methyl sites for hydroxylation is 2. The molecule has 0 aliphatic rings. The zero-order valence-electron chi connectivity index (χ0n) is 19.7. The zero-order chi connectivity index (χ0) is 23.6. The third-order valence-corrected chi connectivity index (χ3v) is 6.39. The van der Waals surface area contributed by atoms with E-state index in [4.69, 9.17) is 9.72 Å². The van der Waals surface area contributed by atoms with Gasteiger partial charge in [-0.15, -0.1) is 11.3 Å². The molecule has 2 amide bonds. The highest BCUT2D eigenvalue weighted by Crippen LogP contribution is 2.34. The Morgan fingerprint density at radius 1 is 1.16 bits per heavy atom. The van der Waals surface area contributed by atoms with E-state index in [-0.39, 0.29) is 23.8 Å². The number of hydrogen-bond acceptors (Lipinski definition) is 6. The Bertz CT molecular complexity index is 1160. The summed E-state index contributed by atoms with van der Waals surface area (Å²) in [6.07, 6.45) is 0. The SMILES string of the molecule is CCN(CC(=O)Nc1ccccc1OC)C(=O)c1sc2nc(C(C)(C)C)nc(C)c2c1C. The third-order valence-electron chi connectivity index (χ3n) is 5.22. The lowest BCUT2D eigenvalue weighted by molar-refractivity contribution is -0.116. The van der Waals surface area contributed by atoms with E-state index >= 15 is 0 Å². The van der Waals surface area contributed by atoms with Crippen molar-refractivity contribution in [1.29, 1.82) is 0 Å². The molecule has 0 spiro atoms. The van der Waals surface area contributed by atoms with Crippen LogP contribution >= 0.6 is 11.3 Å². The van der Waals surface area contributed by atoms with E-state index in [1.54, 1.807) is 19.2 Å². The van der Waals surface area contributed by atoms with Crippen LogP contribution in [0.3, 0.4) is 0 Å². The topological polar surface area (TPSA) is 84.4 Å². The number of para-hydroxylation sites is 2. The second-order valence-electron chi connectivity index (χ2n) is 8.69. The third kappa shape index (κ3) is 4.75. The highest BCUT2D eigenvalue weighted by Gasteiger charge is 2.26. The van der Waals surface area contributed by atoms with Crippen molar-refractivity contribution in [2.24, 2.45) is 0 Å². The molecule has 0 aliphatic carbocycles. The van der Waals surface area contributed by atoms with Gasteiger partial charge in [-0.2, -0.15) is 0 Å². The van der Waals surface area contributed by atoms with Crippen LogP contribution in [0.1, 0.15) is 54.4 Å². The number of thiophene rings is 1. The molecule has 2 aromatic heterocycles. The molecule has 3 rings (SSSR count). The van der Waals surface area contributed by atoms with Crippen LogP contribution in [0.4, 0.5) is 5.69 Å². The van der Waals surface area contributed by atoms with Gasteiger partial charge in [0.15, 0.2) is 0 Å². The van der Waals surface area contributed by atoms with Crippen LogP contribution in [0, 0.1) is 13.8 Å². The van der Waals surface area contributed by atoms with Crippen LogP contribution in [0.15, 0.2) is 24.3 Å². The fraction of sp³-hybridized carbons (Fsp3) is 0.417. The second-order valence-corrected chi connectivity index (χ2v) is 9.69. The molecule has 3 aromatic rings. The number of hydrogen-bond donors (Lipinski definition) is 1. The van der Waals surface area contributed by atoms with Crippen molar-refractivity contribution in [1.82, 2.24) is 14.9 Å². The molecule has 7 nitrogen and oxygen atoms in total. The van der Waals surface area contributed by atoms with Gasteiger partial charge < -0.3 is 15.0 Å². The van der Waals surface area contributed by atoms with Gasteiger partial charge in [-0.25, -0.2) is 9.97 Å². The van der Waals surface area contributed by atoms with Gasteiger partial charge in [0, 0.05) is 17.3 Å². The highest BCUT2D eigenvalue weighted by molar-refractivity contribution is 7.20. The Balaban J connectivity index is 1.87. The number of fused-ring (bicyclic) bond motifs is 1. The molecule has 0 fully saturated rings. The smallest absolute Gasteiger partial charge is 0.264 e. The standard InChI is InChI=1S/C24H30N4O3S/c1-8-28(13-18(29)26-16-11-9-10-12-17(16)31-7)22(30)20-14(2)19-15(3)25-23(24(4,5)6)27-21(19)32-20/h9-12H,8,13H2,1-7H3,(H,26,29). The Morgan fingerprint density at radius 2 is 1.84 bits per heavy atom. The summed E-state index contributed by atoms with van der Waals surface area (Å²) >= 11 is 1.36. The summed E-state index contributed by atoms with van der Waals surface area (Å²) in [5.41, 5.74) is 2.11. The van der Waals surface area contributed by atoms with Crippen molar-refractivity contribution < 1.29 is 14.3 Å². The predicted molar refractivity (Wildman–Crippen MR) is 129 cm³/mol. The van der Waals surface area contributed by atoms with E-state index in [9.17, 15) is 9.59 Å². The number of carbonyl (C=O) groups is 2. The molecule has 2 heterocycles. The highest BCUT2D eigenvalue weighted by atomic mass is 32.1. The van der Waals surface area contributed by atoms with E-state index in [1.165, 1.54) is 16.2 Å². The molecule has 0 saturated carbocycles. The van der Waals surface area contributed by atoms with Crippen molar-refractivity contribution in [3.05, 3.63) is 46.2 Å². The van der Waals surface area contributed by atoms with Gasteiger partial charge in [-0.1, -0.05) is 32.9 Å². The van der Waals surface area contributed by atoms with E-state index in [2.05, 4.69) is 31.1 Å². The van der Waals surface area contributed by atoms with E-state index in [0.717, 1.165) is 27.3 Å². The van der Waals surface area contributed by atoms with E-state index in [1.807, 2.05) is 32.9 Å². The molecule has 170 valence electrons. The van der Waals surface area contributed by atoms with E-state index in [0.29, 0.717) is 22.9 Å². The first kappa shape index (κ1) is 23.7. The Kier molecular flexibility index (Phi) is 6.83. The largest absolute Gasteiger partial charge is 0.495 e. The van der Waals surface area contributed by atoms with Crippen LogP contribution in [-0.2, 0) is 10.2 Å². The maximum absolute atomic E-state index is 13.4. The van der Waals surface area contributed by atoms with Gasteiger partial charge in [0.1, 0.15) is 22.9 Å². The maximum Gasteiger partial charge on any atom is 0.264 e. The first-order valence-corrected chi connectivity index (χ1v) is 11.4. The van der Waals surface area contributed by atoms with Crippen LogP contribution in [-0.4, -0.2) is 46.9 Å². The summed E-state index contributed by atoms with van der Waals surface area (Å²) < 4.78 is 5.28. The Hall–Kier alpha value is -3.00. The predicted octanol–water partition coefficient (Wildman–Crippen LogP) is 4.72.